The molecule has 0 unspecified atom stereocenters. The van der Waals surface area contributed by atoms with Crippen LogP contribution in [0.1, 0.15) is 19.4 Å². The molecule has 0 amide bonds. The highest BCUT2D eigenvalue weighted by Gasteiger charge is 2.07. The maximum Gasteiger partial charge on any atom is 0.161 e. The molecular formula is C16H21O2. The first kappa shape index (κ1) is 14.4. The van der Waals surface area contributed by atoms with Crippen molar-refractivity contribution in [2.24, 2.45) is 0 Å². The quantitative estimate of drug-likeness (QED) is 0.645. The van der Waals surface area contributed by atoms with Gasteiger partial charge in [-0.2, -0.15) is 0 Å². The molecule has 0 bridgehead atoms. The van der Waals surface area contributed by atoms with Crippen molar-refractivity contribution in [3.8, 4) is 11.5 Å². The summed E-state index contributed by atoms with van der Waals surface area (Å²) in [6.07, 6.45) is 4.39. The fourth-order valence-electron chi connectivity index (χ4n) is 1.60. The van der Waals surface area contributed by atoms with Crippen molar-refractivity contribution >= 4 is 0 Å². The van der Waals surface area contributed by atoms with E-state index >= 15 is 0 Å². The highest BCUT2D eigenvalue weighted by molar-refractivity contribution is 5.43. The third kappa shape index (κ3) is 4.66. The van der Waals surface area contributed by atoms with Gasteiger partial charge in [0.15, 0.2) is 11.5 Å². The van der Waals surface area contributed by atoms with Gasteiger partial charge in [-0.3, -0.25) is 0 Å². The Bertz CT molecular complexity index is 394. The van der Waals surface area contributed by atoms with E-state index in [9.17, 15) is 0 Å². The Morgan fingerprint density at radius 2 is 1.67 bits per heavy atom. The molecule has 0 atom stereocenters. The number of hydrogen-bond acceptors (Lipinski definition) is 2. The van der Waals surface area contributed by atoms with Crippen molar-refractivity contribution in [1.29, 1.82) is 0 Å². The summed E-state index contributed by atoms with van der Waals surface area (Å²) in [5, 5.41) is 0. The molecule has 0 saturated heterocycles. The molecule has 0 aromatic heterocycles. The number of hydrogen-bond donors (Lipinski definition) is 0. The van der Waals surface area contributed by atoms with Gasteiger partial charge in [-0.25, -0.2) is 0 Å². The molecule has 0 saturated carbocycles. The molecule has 1 aromatic rings. The minimum atomic E-state index is 0.475. The monoisotopic (exact) mass is 245 g/mol. The third-order valence-corrected chi connectivity index (χ3v) is 2.28. The fourth-order valence-corrected chi connectivity index (χ4v) is 1.60. The Hall–Kier alpha value is -1.70. The number of rotatable bonds is 8. The zero-order valence-corrected chi connectivity index (χ0v) is 11.2. The lowest BCUT2D eigenvalue weighted by Gasteiger charge is -2.13. The molecule has 2 nitrogen and oxygen atoms in total. The topological polar surface area (TPSA) is 18.5 Å². The third-order valence-electron chi connectivity index (χ3n) is 2.28. The van der Waals surface area contributed by atoms with Crippen LogP contribution in [0.2, 0.25) is 0 Å². The van der Waals surface area contributed by atoms with Crippen molar-refractivity contribution in [3.05, 3.63) is 55.0 Å². The van der Waals surface area contributed by atoms with Gasteiger partial charge in [-0.15, -0.1) is 0 Å². The molecule has 1 rings (SSSR count). The van der Waals surface area contributed by atoms with Gasteiger partial charge in [0, 0.05) is 0 Å². The molecular weight excluding hydrogens is 224 g/mol. The van der Waals surface area contributed by atoms with E-state index in [1.165, 1.54) is 11.5 Å². The van der Waals surface area contributed by atoms with Gasteiger partial charge in [-0.05, 0) is 30.0 Å². The molecule has 1 radical (unpaired) electrons. The van der Waals surface area contributed by atoms with Crippen molar-refractivity contribution in [1.82, 2.24) is 0 Å². The summed E-state index contributed by atoms with van der Waals surface area (Å²) < 4.78 is 11.2. The Labute approximate surface area is 110 Å². The van der Waals surface area contributed by atoms with E-state index in [1.807, 2.05) is 12.1 Å². The number of ether oxygens (including phenoxy) is 2. The van der Waals surface area contributed by atoms with E-state index in [0.29, 0.717) is 13.2 Å². The summed E-state index contributed by atoms with van der Waals surface area (Å²) in [5.74, 6) is 2.87. The predicted molar refractivity (Wildman–Crippen MR) is 76.1 cm³/mol. The highest BCUT2D eigenvalue weighted by Crippen LogP contribution is 2.29. The minimum absolute atomic E-state index is 0.475. The van der Waals surface area contributed by atoms with Crippen LogP contribution in [0.4, 0.5) is 0 Å². The lowest BCUT2D eigenvalue weighted by Crippen LogP contribution is -2.01. The van der Waals surface area contributed by atoms with Gasteiger partial charge in [0.1, 0.15) is 13.2 Å². The van der Waals surface area contributed by atoms with E-state index in [-0.39, 0.29) is 0 Å². The highest BCUT2D eigenvalue weighted by atomic mass is 16.5. The second-order valence-electron chi connectivity index (χ2n) is 4.36. The molecule has 0 heterocycles. The molecule has 0 aliphatic carbocycles. The smallest absolute Gasteiger partial charge is 0.161 e. The van der Waals surface area contributed by atoms with E-state index < -0.39 is 0 Å². The standard InChI is InChI=1S/C16H21O2/c1-5-9-17-15-8-7-14(11-13(3)4)12-16(15)18-10-6-2/h5-8,12H,1-2,9-11H2,3-4H3. The lowest BCUT2D eigenvalue weighted by molar-refractivity contribution is 0.308. The van der Waals surface area contributed by atoms with Crippen molar-refractivity contribution < 1.29 is 9.47 Å². The van der Waals surface area contributed by atoms with Crippen molar-refractivity contribution in [2.75, 3.05) is 13.2 Å². The molecule has 0 spiro atoms. The van der Waals surface area contributed by atoms with Crippen LogP contribution in [0.5, 0.6) is 11.5 Å². The Balaban J connectivity index is 2.87. The zero-order valence-electron chi connectivity index (χ0n) is 11.2. The normalized spacial score (nSPS) is 10.2. The van der Waals surface area contributed by atoms with Crippen LogP contribution in [0, 0.1) is 5.92 Å². The summed E-state index contributed by atoms with van der Waals surface area (Å²) in [6.45, 7) is 12.5. The largest absolute Gasteiger partial charge is 0.486 e. The first-order chi connectivity index (χ1) is 8.67. The SMILES string of the molecule is C=CCOc1ccc(C[C](C)C)cc1OCC=C. The fraction of sp³-hybridized carbons (Fsp3) is 0.312. The molecule has 2 heteroatoms. The Kier molecular flexibility index (Phi) is 6.06. The van der Waals surface area contributed by atoms with Crippen LogP contribution in [-0.2, 0) is 6.42 Å². The molecule has 18 heavy (non-hydrogen) atoms. The van der Waals surface area contributed by atoms with Crippen LogP contribution >= 0.6 is 0 Å². The van der Waals surface area contributed by atoms with E-state index in [1.54, 1.807) is 12.2 Å². The van der Waals surface area contributed by atoms with Gasteiger partial charge in [0.05, 0.1) is 0 Å². The van der Waals surface area contributed by atoms with Gasteiger partial charge < -0.3 is 9.47 Å². The molecule has 0 N–H and O–H groups in total. The van der Waals surface area contributed by atoms with Crippen LogP contribution < -0.4 is 9.47 Å². The molecule has 97 valence electrons. The van der Waals surface area contributed by atoms with Crippen LogP contribution in [0.3, 0.4) is 0 Å². The Morgan fingerprint density at radius 1 is 1.06 bits per heavy atom. The average Bonchev–Trinajstić information content (AvgIpc) is 2.34. The van der Waals surface area contributed by atoms with Crippen molar-refractivity contribution in [2.45, 2.75) is 20.3 Å². The summed E-state index contributed by atoms with van der Waals surface area (Å²) >= 11 is 0. The van der Waals surface area contributed by atoms with Gasteiger partial charge in [0.25, 0.3) is 0 Å². The van der Waals surface area contributed by atoms with Crippen molar-refractivity contribution in [3.63, 3.8) is 0 Å². The first-order valence-electron chi connectivity index (χ1n) is 6.06. The van der Waals surface area contributed by atoms with E-state index in [2.05, 4.69) is 33.1 Å². The first-order valence-corrected chi connectivity index (χ1v) is 6.06. The summed E-state index contributed by atoms with van der Waals surface area (Å²) in [6, 6.07) is 6.03. The van der Waals surface area contributed by atoms with Crippen LogP contribution in [-0.4, -0.2) is 13.2 Å². The average molecular weight is 245 g/mol. The maximum atomic E-state index is 5.62. The van der Waals surface area contributed by atoms with Gasteiger partial charge in [-0.1, -0.05) is 45.2 Å². The minimum Gasteiger partial charge on any atom is -0.486 e. The summed E-state index contributed by atoms with van der Waals surface area (Å²) in [7, 11) is 0. The summed E-state index contributed by atoms with van der Waals surface area (Å²) in [4.78, 5) is 0. The van der Waals surface area contributed by atoms with Crippen LogP contribution in [0.25, 0.3) is 0 Å². The summed E-state index contributed by atoms with van der Waals surface area (Å²) in [5.41, 5.74) is 1.22. The maximum absolute atomic E-state index is 5.62. The lowest BCUT2D eigenvalue weighted by atomic mass is 10.0. The number of benzene rings is 1. The molecule has 0 fully saturated rings. The zero-order chi connectivity index (χ0) is 13.4. The molecule has 1 aromatic carbocycles. The van der Waals surface area contributed by atoms with Crippen LogP contribution in [0.15, 0.2) is 43.5 Å². The second-order valence-corrected chi connectivity index (χ2v) is 4.36. The molecule has 0 aliphatic heterocycles. The van der Waals surface area contributed by atoms with E-state index in [0.717, 1.165) is 17.9 Å². The second kappa shape index (κ2) is 7.59. The van der Waals surface area contributed by atoms with Gasteiger partial charge >= 0.3 is 0 Å². The Morgan fingerprint density at radius 3 is 2.22 bits per heavy atom. The van der Waals surface area contributed by atoms with Gasteiger partial charge in [0.2, 0.25) is 0 Å². The molecule has 0 aliphatic rings. The van der Waals surface area contributed by atoms with E-state index in [4.69, 9.17) is 9.47 Å². The predicted octanol–water partition coefficient (Wildman–Crippen LogP) is 3.97.